The number of aryl methyl sites for hydroxylation is 2. The fourth-order valence-corrected chi connectivity index (χ4v) is 3.75. The van der Waals surface area contributed by atoms with Crippen LogP contribution in [0, 0.1) is 31.1 Å². The van der Waals surface area contributed by atoms with E-state index in [-0.39, 0.29) is 11.8 Å². The molecule has 1 N–H and O–H groups in total. The molecule has 6 heteroatoms. The molecule has 0 radical (unpaired) electrons. The number of carbonyl (C=O) groups excluding carboxylic acids is 1. The summed E-state index contributed by atoms with van der Waals surface area (Å²) in [5, 5.41) is 12.3. The molecule has 146 valence electrons. The molecule has 1 amide bonds. The van der Waals surface area contributed by atoms with Crippen LogP contribution in [0.1, 0.15) is 27.8 Å². The van der Waals surface area contributed by atoms with Crippen molar-refractivity contribution >= 4 is 17.5 Å². The van der Waals surface area contributed by atoms with Gasteiger partial charge in [-0.25, -0.2) is 0 Å². The standard InChI is InChI=1S/C22H24ClN3O2/c1-14-6-17(10-26-11-19(12-26)22(27)25-3)7-15(2)21(14)28-13-16-4-5-20(23)18(8-16)9-24/h4-8,19H,10-13H2,1-3H3,(H,25,27). The third-order valence-electron chi connectivity index (χ3n) is 5.04. The zero-order chi connectivity index (χ0) is 20.3. The normalized spacial score (nSPS) is 14.2. The van der Waals surface area contributed by atoms with E-state index in [9.17, 15) is 4.79 Å². The second-order valence-corrected chi connectivity index (χ2v) is 7.69. The Hall–Kier alpha value is -2.55. The fraction of sp³-hybridized carbons (Fsp3) is 0.364. The fourth-order valence-electron chi connectivity index (χ4n) is 3.59. The highest BCUT2D eigenvalue weighted by Gasteiger charge is 2.31. The lowest BCUT2D eigenvalue weighted by molar-refractivity contribution is -0.129. The number of amides is 1. The molecule has 1 fully saturated rings. The van der Waals surface area contributed by atoms with Crippen molar-refractivity contribution in [1.29, 1.82) is 5.26 Å². The summed E-state index contributed by atoms with van der Waals surface area (Å²) in [6, 6.07) is 11.7. The molecule has 0 aliphatic carbocycles. The maximum atomic E-state index is 11.6. The van der Waals surface area contributed by atoms with Gasteiger partial charge < -0.3 is 10.1 Å². The van der Waals surface area contributed by atoms with Crippen LogP contribution in [0.5, 0.6) is 5.75 Å². The number of hydrogen-bond donors (Lipinski definition) is 1. The Morgan fingerprint density at radius 2 is 1.93 bits per heavy atom. The lowest BCUT2D eigenvalue weighted by Crippen LogP contribution is -2.52. The molecule has 0 atom stereocenters. The van der Waals surface area contributed by atoms with Crippen molar-refractivity contribution in [2.24, 2.45) is 5.92 Å². The molecular formula is C22H24ClN3O2. The zero-order valence-corrected chi connectivity index (χ0v) is 17.1. The molecule has 1 aliphatic rings. The largest absolute Gasteiger partial charge is 0.488 e. The smallest absolute Gasteiger partial charge is 0.225 e. The first-order valence-electron chi connectivity index (χ1n) is 9.26. The predicted octanol–water partition coefficient (Wildman–Crippen LogP) is 3.59. The quantitative estimate of drug-likeness (QED) is 0.809. The van der Waals surface area contributed by atoms with Crippen molar-refractivity contribution in [1.82, 2.24) is 10.2 Å². The van der Waals surface area contributed by atoms with Gasteiger partial charge in [0.2, 0.25) is 5.91 Å². The molecule has 1 aliphatic heterocycles. The summed E-state index contributed by atoms with van der Waals surface area (Å²) in [4.78, 5) is 13.9. The summed E-state index contributed by atoms with van der Waals surface area (Å²) < 4.78 is 6.04. The number of ether oxygens (including phenoxy) is 1. The van der Waals surface area contributed by atoms with E-state index >= 15 is 0 Å². The van der Waals surface area contributed by atoms with Crippen molar-refractivity contribution in [3.05, 3.63) is 63.2 Å². The highest BCUT2D eigenvalue weighted by atomic mass is 35.5. The molecule has 0 aromatic heterocycles. The number of carbonyl (C=O) groups is 1. The van der Waals surface area contributed by atoms with Crippen molar-refractivity contribution in [3.8, 4) is 11.8 Å². The van der Waals surface area contributed by atoms with Gasteiger partial charge in [0.05, 0.1) is 16.5 Å². The van der Waals surface area contributed by atoms with Crippen LogP contribution in [0.4, 0.5) is 0 Å². The van der Waals surface area contributed by atoms with E-state index in [4.69, 9.17) is 21.6 Å². The van der Waals surface area contributed by atoms with Crippen LogP contribution in [0.25, 0.3) is 0 Å². The van der Waals surface area contributed by atoms with Crippen LogP contribution < -0.4 is 10.1 Å². The minimum atomic E-state index is 0.104. The van der Waals surface area contributed by atoms with Gasteiger partial charge in [-0.05, 0) is 48.2 Å². The number of nitrogens with one attached hydrogen (secondary N) is 1. The summed E-state index contributed by atoms with van der Waals surface area (Å²) in [6.07, 6.45) is 0. The molecule has 0 saturated carbocycles. The second kappa shape index (κ2) is 8.64. The number of benzene rings is 2. The molecule has 2 aromatic carbocycles. The summed E-state index contributed by atoms with van der Waals surface area (Å²) in [5.41, 5.74) is 4.73. The van der Waals surface area contributed by atoms with Crippen molar-refractivity contribution < 1.29 is 9.53 Å². The van der Waals surface area contributed by atoms with Crippen molar-refractivity contribution in [2.45, 2.75) is 27.0 Å². The number of rotatable bonds is 6. The number of nitriles is 1. The SMILES string of the molecule is CNC(=O)C1CN(Cc2cc(C)c(OCc3ccc(Cl)c(C#N)c3)c(C)c2)C1. The number of nitrogens with zero attached hydrogens (tertiary/aromatic N) is 2. The van der Waals surface area contributed by atoms with Gasteiger partial charge in [-0.1, -0.05) is 29.8 Å². The second-order valence-electron chi connectivity index (χ2n) is 7.28. The number of hydrogen-bond acceptors (Lipinski definition) is 4. The van der Waals surface area contributed by atoms with Gasteiger partial charge in [-0.2, -0.15) is 5.26 Å². The molecule has 2 aromatic rings. The van der Waals surface area contributed by atoms with Crippen LogP contribution in [-0.2, 0) is 17.9 Å². The lowest BCUT2D eigenvalue weighted by atomic mass is 9.97. The van der Waals surface area contributed by atoms with E-state index in [2.05, 4.69) is 28.4 Å². The zero-order valence-electron chi connectivity index (χ0n) is 16.4. The molecule has 1 saturated heterocycles. The van der Waals surface area contributed by atoms with Gasteiger partial charge >= 0.3 is 0 Å². The van der Waals surface area contributed by atoms with E-state index in [0.717, 1.165) is 42.1 Å². The summed E-state index contributed by atoms with van der Waals surface area (Å²) in [5.74, 6) is 1.09. The molecule has 0 spiro atoms. The van der Waals surface area contributed by atoms with Crippen molar-refractivity contribution in [3.63, 3.8) is 0 Å². The van der Waals surface area contributed by atoms with E-state index in [1.54, 1.807) is 19.2 Å². The number of halogens is 1. The average Bonchev–Trinajstić information content (AvgIpc) is 2.64. The lowest BCUT2D eigenvalue weighted by Gasteiger charge is -2.38. The highest BCUT2D eigenvalue weighted by Crippen LogP contribution is 2.28. The van der Waals surface area contributed by atoms with Crippen LogP contribution >= 0.6 is 11.6 Å². The van der Waals surface area contributed by atoms with E-state index in [0.29, 0.717) is 17.2 Å². The minimum Gasteiger partial charge on any atom is -0.488 e. The Morgan fingerprint density at radius 1 is 1.25 bits per heavy atom. The van der Waals surface area contributed by atoms with Crippen molar-refractivity contribution in [2.75, 3.05) is 20.1 Å². The van der Waals surface area contributed by atoms with Gasteiger partial charge in [0.15, 0.2) is 0 Å². The molecular weight excluding hydrogens is 374 g/mol. The first-order valence-corrected chi connectivity index (χ1v) is 9.64. The Kier molecular flexibility index (Phi) is 6.23. The Bertz CT molecular complexity index is 907. The third kappa shape index (κ3) is 4.46. The Morgan fingerprint density at radius 3 is 2.54 bits per heavy atom. The van der Waals surface area contributed by atoms with E-state index in [1.807, 2.05) is 19.9 Å². The average molecular weight is 398 g/mol. The predicted molar refractivity (Wildman–Crippen MR) is 109 cm³/mol. The van der Waals surface area contributed by atoms with Crippen LogP contribution in [0.2, 0.25) is 5.02 Å². The molecule has 5 nitrogen and oxygen atoms in total. The third-order valence-corrected chi connectivity index (χ3v) is 5.36. The molecule has 28 heavy (non-hydrogen) atoms. The summed E-state index contributed by atoms with van der Waals surface area (Å²) in [6.45, 7) is 6.89. The molecule has 0 bridgehead atoms. The molecule has 3 rings (SSSR count). The summed E-state index contributed by atoms with van der Waals surface area (Å²) >= 11 is 5.98. The maximum absolute atomic E-state index is 11.6. The van der Waals surface area contributed by atoms with Gasteiger partial charge in [0.25, 0.3) is 0 Å². The van der Waals surface area contributed by atoms with Crippen LogP contribution in [-0.4, -0.2) is 30.9 Å². The monoisotopic (exact) mass is 397 g/mol. The topological polar surface area (TPSA) is 65.4 Å². The van der Waals surface area contributed by atoms with Gasteiger partial charge in [0, 0.05) is 26.7 Å². The first kappa shape index (κ1) is 20.2. The number of likely N-dealkylation sites (tertiary alicyclic amines) is 1. The minimum absolute atomic E-state index is 0.104. The molecule has 0 unspecified atom stereocenters. The van der Waals surface area contributed by atoms with Gasteiger partial charge in [-0.15, -0.1) is 0 Å². The highest BCUT2D eigenvalue weighted by molar-refractivity contribution is 6.31. The maximum Gasteiger partial charge on any atom is 0.225 e. The Balaban J connectivity index is 1.63. The van der Waals surface area contributed by atoms with Crippen LogP contribution in [0.3, 0.4) is 0 Å². The van der Waals surface area contributed by atoms with E-state index < -0.39 is 0 Å². The molecule has 1 heterocycles. The Labute approximate surface area is 170 Å². The van der Waals surface area contributed by atoms with Crippen LogP contribution in [0.15, 0.2) is 30.3 Å². The summed E-state index contributed by atoms with van der Waals surface area (Å²) in [7, 11) is 1.68. The van der Waals surface area contributed by atoms with E-state index in [1.165, 1.54) is 5.56 Å². The first-order chi connectivity index (χ1) is 13.4. The van der Waals surface area contributed by atoms with Gasteiger partial charge in [-0.3, -0.25) is 9.69 Å². The van der Waals surface area contributed by atoms with Gasteiger partial charge in [0.1, 0.15) is 18.4 Å².